The Hall–Kier alpha value is -3.06. The normalized spacial score (nSPS) is 10.9. The molecule has 3 aromatic rings. The van der Waals surface area contributed by atoms with Crippen LogP contribution in [0.1, 0.15) is 12.5 Å². The van der Waals surface area contributed by atoms with E-state index in [1.54, 1.807) is 30.6 Å². The Kier molecular flexibility index (Phi) is 4.62. The van der Waals surface area contributed by atoms with Gasteiger partial charge in [-0.05, 0) is 35.9 Å². The van der Waals surface area contributed by atoms with E-state index in [9.17, 15) is 9.59 Å². The van der Waals surface area contributed by atoms with Crippen molar-refractivity contribution in [2.24, 2.45) is 0 Å². The van der Waals surface area contributed by atoms with E-state index in [4.69, 9.17) is 0 Å². The van der Waals surface area contributed by atoms with Crippen molar-refractivity contribution in [1.82, 2.24) is 9.97 Å². The van der Waals surface area contributed by atoms with Gasteiger partial charge in [-0.3, -0.25) is 14.6 Å². The molecule has 0 radical (unpaired) electrons. The van der Waals surface area contributed by atoms with E-state index in [1.807, 2.05) is 18.2 Å². The van der Waals surface area contributed by atoms with Crippen LogP contribution in [0.2, 0.25) is 0 Å². The Morgan fingerprint density at radius 3 is 2.83 bits per heavy atom. The molecule has 0 bridgehead atoms. The summed E-state index contributed by atoms with van der Waals surface area (Å²) in [6.07, 6.45) is 6.51. The summed E-state index contributed by atoms with van der Waals surface area (Å²) in [4.78, 5) is 31.3. The number of anilines is 2. The van der Waals surface area contributed by atoms with E-state index in [-0.39, 0.29) is 11.8 Å². The maximum atomic E-state index is 12.0. The number of carbonyl (C=O) groups is 2. The van der Waals surface area contributed by atoms with Crippen molar-refractivity contribution < 1.29 is 9.59 Å². The number of pyridine rings is 1. The SMILES string of the molecule is CC(=O)Nc1nc2ccc(NC(=O)C=Cc3cccnc3)cc2s1. The van der Waals surface area contributed by atoms with Crippen LogP contribution in [0, 0.1) is 0 Å². The van der Waals surface area contributed by atoms with Crippen molar-refractivity contribution in [1.29, 1.82) is 0 Å². The number of nitrogens with one attached hydrogen (secondary N) is 2. The molecule has 0 unspecified atom stereocenters. The quantitative estimate of drug-likeness (QED) is 0.715. The molecule has 2 N–H and O–H groups in total. The molecule has 3 rings (SSSR count). The fraction of sp³-hybridized carbons (Fsp3) is 0.0588. The largest absolute Gasteiger partial charge is 0.322 e. The van der Waals surface area contributed by atoms with Crippen LogP contribution in [0.3, 0.4) is 0 Å². The van der Waals surface area contributed by atoms with Crippen molar-refractivity contribution >= 4 is 50.3 Å². The summed E-state index contributed by atoms with van der Waals surface area (Å²) in [5.41, 5.74) is 2.29. The summed E-state index contributed by atoms with van der Waals surface area (Å²) < 4.78 is 0.882. The first-order chi connectivity index (χ1) is 11.6. The summed E-state index contributed by atoms with van der Waals surface area (Å²) in [6, 6.07) is 9.08. The van der Waals surface area contributed by atoms with Crippen LogP contribution < -0.4 is 10.6 Å². The molecule has 1 aromatic carbocycles. The molecule has 0 aliphatic carbocycles. The molecule has 0 saturated heterocycles. The van der Waals surface area contributed by atoms with Gasteiger partial charge in [0, 0.05) is 31.1 Å². The number of hydrogen-bond donors (Lipinski definition) is 2. The molecule has 2 heterocycles. The van der Waals surface area contributed by atoms with Crippen LogP contribution in [0.5, 0.6) is 0 Å². The average Bonchev–Trinajstić information content (AvgIpc) is 2.94. The van der Waals surface area contributed by atoms with Gasteiger partial charge < -0.3 is 10.6 Å². The number of thiazole rings is 1. The topological polar surface area (TPSA) is 84.0 Å². The van der Waals surface area contributed by atoms with Crippen LogP contribution in [-0.2, 0) is 9.59 Å². The van der Waals surface area contributed by atoms with Gasteiger partial charge >= 0.3 is 0 Å². The molecular weight excluding hydrogens is 324 g/mol. The highest BCUT2D eigenvalue weighted by Gasteiger charge is 2.06. The molecule has 6 nitrogen and oxygen atoms in total. The Morgan fingerprint density at radius 2 is 2.08 bits per heavy atom. The van der Waals surface area contributed by atoms with Crippen LogP contribution in [0.25, 0.3) is 16.3 Å². The Balaban J connectivity index is 1.71. The van der Waals surface area contributed by atoms with Gasteiger partial charge in [0.2, 0.25) is 11.8 Å². The van der Waals surface area contributed by atoms with Gasteiger partial charge in [-0.25, -0.2) is 4.98 Å². The lowest BCUT2D eigenvalue weighted by Gasteiger charge is -2.01. The lowest BCUT2D eigenvalue weighted by molar-refractivity contribution is -0.114. The monoisotopic (exact) mass is 338 g/mol. The van der Waals surface area contributed by atoms with E-state index in [0.29, 0.717) is 10.8 Å². The second-order valence-electron chi connectivity index (χ2n) is 4.99. The van der Waals surface area contributed by atoms with Crippen LogP contribution in [0.15, 0.2) is 48.8 Å². The average molecular weight is 338 g/mol. The first kappa shape index (κ1) is 15.8. The third kappa shape index (κ3) is 4.02. The van der Waals surface area contributed by atoms with Crippen LogP contribution >= 0.6 is 11.3 Å². The second kappa shape index (κ2) is 7.01. The van der Waals surface area contributed by atoms with Gasteiger partial charge in [-0.2, -0.15) is 0 Å². The van der Waals surface area contributed by atoms with Crippen molar-refractivity contribution in [2.75, 3.05) is 10.6 Å². The zero-order chi connectivity index (χ0) is 16.9. The predicted octanol–water partition coefficient (Wildman–Crippen LogP) is 3.30. The molecule has 0 aliphatic rings. The Bertz CT molecular complexity index is 919. The van der Waals surface area contributed by atoms with Gasteiger partial charge in [0.25, 0.3) is 0 Å². The van der Waals surface area contributed by atoms with Crippen molar-refractivity contribution in [3.63, 3.8) is 0 Å². The number of hydrogen-bond acceptors (Lipinski definition) is 5. The highest BCUT2D eigenvalue weighted by atomic mass is 32.1. The molecule has 0 aliphatic heterocycles. The van der Waals surface area contributed by atoms with Gasteiger partial charge in [0.1, 0.15) is 0 Å². The molecule has 2 amide bonds. The van der Waals surface area contributed by atoms with E-state index in [2.05, 4.69) is 20.6 Å². The van der Waals surface area contributed by atoms with Crippen molar-refractivity contribution in [2.45, 2.75) is 6.92 Å². The van der Waals surface area contributed by atoms with E-state index in [1.165, 1.54) is 24.3 Å². The number of fused-ring (bicyclic) bond motifs is 1. The maximum Gasteiger partial charge on any atom is 0.248 e. The zero-order valence-electron chi connectivity index (χ0n) is 12.8. The highest BCUT2D eigenvalue weighted by Crippen LogP contribution is 2.28. The smallest absolute Gasteiger partial charge is 0.248 e. The number of nitrogens with zero attached hydrogens (tertiary/aromatic N) is 2. The summed E-state index contributed by atoms with van der Waals surface area (Å²) >= 11 is 1.36. The molecule has 2 aromatic heterocycles. The summed E-state index contributed by atoms with van der Waals surface area (Å²) in [5.74, 6) is -0.395. The third-order valence-corrected chi connectivity index (χ3v) is 3.98. The van der Waals surface area contributed by atoms with Gasteiger partial charge in [-0.1, -0.05) is 17.4 Å². The first-order valence-corrected chi connectivity index (χ1v) is 7.99. The molecule has 0 saturated carbocycles. The molecule has 0 fully saturated rings. The number of benzene rings is 1. The summed E-state index contributed by atoms with van der Waals surface area (Å²) in [5, 5.41) is 6.00. The fourth-order valence-electron chi connectivity index (χ4n) is 2.04. The predicted molar refractivity (Wildman–Crippen MR) is 95.8 cm³/mol. The van der Waals surface area contributed by atoms with E-state index in [0.717, 1.165) is 15.8 Å². The molecule has 7 heteroatoms. The molecule has 0 spiro atoms. The minimum atomic E-state index is -0.232. The number of rotatable bonds is 4. The Labute approximate surface area is 142 Å². The molecule has 120 valence electrons. The Morgan fingerprint density at radius 1 is 1.21 bits per heavy atom. The van der Waals surface area contributed by atoms with Crippen LogP contribution in [-0.4, -0.2) is 21.8 Å². The van der Waals surface area contributed by atoms with E-state index >= 15 is 0 Å². The lowest BCUT2D eigenvalue weighted by atomic mass is 10.2. The second-order valence-corrected chi connectivity index (χ2v) is 6.02. The van der Waals surface area contributed by atoms with Crippen molar-refractivity contribution in [3.8, 4) is 0 Å². The third-order valence-electron chi connectivity index (χ3n) is 3.05. The summed E-state index contributed by atoms with van der Waals surface area (Å²) in [7, 11) is 0. The lowest BCUT2D eigenvalue weighted by Crippen LogP contribution is -2.07. The fourth-order valence-corrected chi connectivity index (χ4v) is 2.99. The minimum absolute atomic E-state index is 0.164. The maximum absolute atomic E-state index is 12.0. The molecule has 24 heavy (non-hydrogen) atoms. The molecular formula is C17H14N4O2S. The van der Waals surface area contributed by atoms with Gasteiger partial charge in [-0.15, -0.1) is 0 Å². The number of amides is 2. The van der Waals surface area contributed by atoms with E-state index < -0.39 is 0 Å². The molecule has 0 atom stereocenters. The minimum Gasteiger partial charge on any atom is -0.322 e. The van der Waals surface area contributed by atoms with Gasteiger partial charge in [0.05, 0.1) is 10.2 Å². The zero-order valence-corrected chi connectivity index (χ0v) is 13.6. The summed E-state index contributed by atoms with van der Waals surface area (Å²) in [6.45, 7) is 1.44. The van der Waals surface area contributed by atoms with Crippen molar-refractivity contribution in [3.05, 3.63) is 54.4 Å². The first-order valence-electron chi connectivity index (χ1n) is 7.17. The van der Waals surface area contributed by atoms with Crippen LogP contribution in [0.4, 0.5) is 10.8 Å². The standard InChI is InChI=1S/C17H14N4O2S/c1-11(22)19-17-21-14-6-5-13(9-15(14)24-17)20-16(23)7-4-12-3-2-8-18-10-12/h2-10H,1H3,(H,20,23)(H,19,21,22). The number of aromatic nitrogens is 2. The van der Waals surface area contributed by atoms with Gasteiger partial charge in [0.15, 0.2) is 5.13 Å². The number of carbonyl (C=O) groups excluding carboxylic acids is 2. The highest BCUT2D eigenvalue weighted by molar-refractivity contribution is 7.22.